The summed E-state index contributed by atoms with van der Waals surface area (Å²) >= 11 is 0. The van der Waals surface area contributed by atoms with Gasteiger partial charge in [-0.2, -0.15) is 0 Å². The summed E-state index contributed by atoms with van der Waals surface area (Å²) in [5, 5.41) is 3.20. The lowest BCUT2D eigenvalue weighted by Crippen LogP contribution is -2.19. The lowest BCUT2D eigenvalue weighted by molar-refractivity contribution is 0.377. The minimum atomic E-state index is 0.284. The van der Waals surface area contributed by atoms with Gasteiger partial charge in [-0.25, -0.2) is 0 Å². The normalized spacial score (nSPS) is 18.7. The van der Waals surface area contributed by atoms with E-state index in [0.717, 1.165) is 17.0 Å². The molecule has 1 nitrogen and oxygen atoms in total. The van der Waals surface area contributed by atoms with Crippen LogP contribution in [0.2, 0.25) is 0 Å². The van der Waals surface area contributed by atoms with Gasteiger partial charge in [0, 0.05) is 11.4 Å². The molecule has 150 valence electrons. The van der Waals surface area contributed by atoms with Gasteiger partial charge in [0.15, 0.2) is 0 Å². The van der Waals surface area contributed by atoms with Gasteiger partial charge in [0.2, 0.25) is 0 Å². The van der Waals surface area contributed by atoms with Crippen molar-refractivity contribution in [3.8, 4) is 0 Å². The first-order valence-corrected chi connectivity index (χ1v) is 10.0. The molecule has 0 atom stereocenters. The summed E-state index contributed by atoms with van der Waals surface area (Å²) in [6, 6.07) is 0. The maximum atomic E-state index is 4.03. The minimum absolute atomic E-state index is 0.284. The fourth-order valence-electron chi connectivity index (χ4n) is 3.46. The van der Waals surface area contributed by atoms with E-state index in [1.807, 2.05) is 12.2 Å². The van der Waals surface area contributed by atoms with E-state index < -0.39 is 0 Å². The summed E-state index contributed by atoms with van der Waals surface area (Å²) in [6.45, 7) is 22.7. The molecule has 0 amide bonds. The molecular weight excluding hydrogens is 338 g/mol. The van der Waals surface area contributed by atoms with Crippen LogP contribution in [-0.2, 0) is 0 Å². The third kappa shape index (κ3) is 8.00. The molecule has 1 aliphatic carbocycles. The molecule has 0 saturated heterocycles. The molecule has 28 heavy (non-hydrogen) atoms. The van der Waals surface area contributed by atoms with Gasteiger partial charge in [0.25, 0.3) is 0 Å². The van der Waals surface area contributed by atoms with Crippen molar-refractivity contribution in [3.05, 3.63) is 108 Å². The molecule has 0 aromatic heterocycles. The van der Waals surface area contributed by atoms with E-state index in [1.165, 1.54) is 36.0 Å². The Morgan fingerprint density at radius 1 is 1.07 bits per heavy atom. The van der Waals surface area contributed by atoms with E-state index >= 15 is 0 Å². The summed E-state index contributed by atoms with van der Waals surface area (Å²) in [5.41, 5.74) is 7.38. The van der Waals surface area contributed by atoms with Gasteiger partial charge in [-0.05, 0) is 74.8 Å². The Morgan fingerprint density at radius 3 is 2.39 bits per heavy atom. The number of hydrogen-bond donors (Lipinski definition) is 1. The second-order valence-electron chi connectivity index (χ2n) is 8.14. The summed E-state index contributed by atoms with van der Waals surface area (Å²) < 4.78 is 0. The quantitative estimate of drug-likeness (QED) is 0.404. The van der Waals surface area contributed by atoms with Crippen LogP contribution in [0.1, 0.15) is 53.9 Å². The summed E-state index contributed by atoms with van der Waals surface area (Å²) in [4.78, 5) is 0. The molecule has 0 fully saturated rings. The van der Waals surface area contributed by atoms with Crippen LogP contribution in [0.4, 0.5) is 0 Å². The number of allylic oxidation sites excluding steroid dienone is 13. The van der Waals surface area contributed by atoms with Crippen LogP contribution in [0.3, 0.4) is 0 Å². The Bertz CT molecular complexity index is 773. The molecule has 1 N–H and O–H groups in total. The standard InChI is InChI=1S/C27H37N/c1-9-13-25(10-2)28-24(6)20-22(4)15-11-14-21(3)17-18-26-23(5)16-12-19-27(26,7)8/h9-11,13-15,17-18,20,28H,1-2,6,12,16,19H2,3-5,7-8H3/b15-11+,18-17+,21-14+,22-20+,25-13+. The van der Waals surface area contributed by atoms with Gasteiger partial charge in [0.05, 0.1) is 0 Å². The fraction of sp³-hybridized carbons (Fsp3) is 0.333. The van der Waals surface area contributed by atoms with Crippen LogP contribution in [0.15, 0.2) is 108 Å². The summed E-state index contributed by atoms with van der Waals surface area (Å²) in [7, 11) is 0. The van der Waals surface area contributed by atoms with Crippen LogP contribution in [0, 0.1) is 5.41 Å². The molecule has 0 aromatic rings. The van der Waals surface area contributed by atoms with Gasteiger partial charge < -0.3 is 5.32 Å². The SMILES string of the molecule is C=C/C=C(\C=C)NC(=C)/C=C(C)/C=C/C=C(C)/C=C/C1=C(C)CCCC1(C)C. The minimum Gasteiger partial charge on any atom is -0.356 e. The summed E-state index contributed by atoms with van der Waals surface area (Å²) in [5.74, 6) is 0. The highest BCUT2D eigenvalue weighted by molar-refractivity contribution is 5.37. The van der Waals surface area contributed by atoms with Crippen LogP contribution in [0.25, 0.3) is 0 Å². The lowest BCUT2D eigenvalue weighted by atomic mass is 9.72. The van der Waals surface area contributed by atoms with Crippen molar-refractivity contribution in [2.75, 3.05) is 0 Å². The third-order valence-electron chi connectivity index (χ3n) is 5.00. The van der Waals surface area contributed by atoms with Gasteiger partial charge in [-0.15, -0.1) is 0 Å². The summed E-state index contributed by atoms with van der Waals surface area (Å²) in [6.07, 6.45) is 22.0. The number of nitrogens with one attached hydrogen (secondary N) is 1. The molecule has 0 spiro atoms. The Morgan fingerprint density at radius 2 is 1.79 bits per heavy atom. The average molecular weight is 376 g/mol. The molecule has 1 aliphatic rings. The smallest absolute Gasteiger partial charge is 0.0377 e. The molecule has 0 radical (unpaired) electrons. The molecule has 0 bridgehead atoms. The number of rotatable bonds is 9. The molecular formula is C27H37N. The highest BCUT2D eigenvalue weighted by Crippen LogP contribution is 2.40. The maximum absolute atomic E-state index is 4.03. The van der Waals surface area contributed by atoms with Crippen LogP contribution in [-0.4, -0.2) is 0 Å². The van der Waals surface area contributed by atoms with Crippen LogP contribution in [0.5, 0.6) is 0 Å². The monoisotopic (exact) mass is 375 g/mol. The molecule has 0 aromatic carbocycles. The Hall–Kier alpha value is -2.54. The van der Waals surface area contributed by atoms with Crippen molar-refractivity contribution in [2.45, 2.75) is 53.9 Å². The molecule has 1 rings (SSSR count). The first-order valence-electron chi connectivity index (χ1n) is 10.0. The van der Waals surface area contributed by atoms with Gasteiger partial charge in [-0.1, -0.05) is 81.2 Å². The molecule has 0 aliphatic heterocycles. The largest absolute Gasteiger partial charge is 0.356 e. The molecule has 1 heteroatoms. The molecule has 0 heterocycles. The van der Waals surface area contributed by atoms with E-state index in [2.05, 4.69) is 90.1 Å². The van der Waals surface area contributed by atoms with E-state index in [4.69, 9.17) is 0 Å². The van der Waals surface area contributed by atoms with Crippen molar-refractivity contribution in [2.24, 2.45) is 5.41 Å². The lowest BCUT2D eigenvalue weighted by Gasteiger charge is -2.32. The Balaban J connectivity index is 2.75. The Kier molecular flexibility index (Phi) is 9.51. The fourth-order valence-corrected chi connectivity index (χ4v) is 3.46. The van der Waals surface area contributed by atoms with E-state index in [1.54, 1.807) is 12.2 Å². The van der Waals surface area contributed by atoms with Crippen molar-refractivity contribution >= 4 is 0 Å². The maximum Gasteiger partial charge on any atom is 0.0377 e. The Labute approximate surface area is 173 Å². The third-order valence-corrected chi connectivity index (χ3v) is 5.00. The topological polar surface area (TPSA) is 12.0 Å². The van der Waals surface area contributed by atoms with Gasteiger partial charge >= 0.3 is 0 Å². The second-order valence-corrected chi connectivity index (χ2v) is 8.14. The van der Waals surface area contributed by atoms with E-state index in [0.29, 0.717) is 0 Å². The van der Waals surface area contributed by atoms with E-state index in [9.17, 15) is 0 Å². The van der Waals surface area contributed by atoms with E-state index in [-0.39, 0.29) is 5.41 Å². The predicted molar refractivity (Wildman–Crippen MR) is 127 cm³/mol. The zero-order valence-electron chi connectivity index (χ0n) is 18.4. The molecule has 0 unspecified atom stereocenters. The second kappa shape index (κ2) is 11.3. The van der Waals surface area contributed by atoms with Crippen molar-refractivity contribution < 1.29 is 0 Å². The van der Waals surface area contributed by atoms with Gasteiger partial charge in [0.1, 0.15) is 0 Å². The molecule has 0 saturated carbocycles. The highest BCUT2D eigenvalue weighted by atomic mass is 14.9. The van der Waals surface area contributed by atoms with Crippen molar-refractivity contribution in [1.82, 2.24) is 5.32 Å². The van der Waals surface area contributed by atoms with Crippen LogP contribution < -0.4 is 5.32 Å². The zero-order chi connectivity index (χ0) is 21.2. The van der Waals surface area contributed by atoms with Gasteiger partial charge in [-0.3, -0.25) is 0 Å². The zero-order valence-corrected chi connectivity index (χ0v) is 18.4. The van der Waals surface area contributed by atoms with Crippen molar-refractivity contribution in [3.63, 3.8) is 0 Å². The average Bonchev–Trinajstić information content (AvgIpc) is 2.60. The van der Waals surface area contributed by atoms with Crippen LogP contribution >= 0.6 is 0 Å². The highest BCUT2D eigenvalue weighted by Gasteiger charge is 2.26. The predicted octanol–water partition coefficient (Wildman–Crippen LogP) is 7.88. The first-order chi connectivity index (χ1) is 13.2. The first kappa shape index (κ1) is 23.5. The van der Waals surface area contributed by atoms with Crippen molar-refractivity contribution in [1.29, 1.82) is 0 Å². The number of hydrogen-bond acceptors (Lipinski definition) is 1.